The summed E-state index contributed by atoms with van der Waals surface area (Å²) in [4.78, 5) is 18.8. The van der Waals surface area contributed by atoms with Gasteiger partial charge in [0.1, 0.15) is 22.8 Å². The number of piperidine rings is 1. The van der Waals surface area contributed by atoms with Gasteiger partial charge in [-0.1, -0.05) is 0 Å². The molecule has 0 atom stereocenters. The predicted octanol–water partition coefficient (Wildman–Crippen LogP) is 4.25. The van der Waals surface area contributed by atoms with Gasteiger partial charge in [-0.15, -0.1) is 0 Å². The molecule has 162 valence electrons. The average Bonchev–Trinajstić information content (AvgIpc) is 2.79. The summed E-state index contributed by atoms with van der Waals surface area (Å²) in [5.41, 5.74) is 1.25. The fraction of sp³-hybridized carbons (Fsp3) is 0.304. The third-order valence-electron chi connectivity index (χ3n) is 5.54. The van der Waals surface area contributed by atoms with E-state index in [0.717, 1.165) is 6.07 Å². The van der Waals surface area contributed by atoms with E-state index in [2.05, 4.69) is 10.3 Å². The Labute approximate surface area is 178 Å². The summed E-state index contributed by atoms with van der Waals surface area (Å²) in [5.74, 6) is -0.343. The molecule has 0 radical (unpaired) electrons. The minimum atomic E-state index is -0.687. The van der Waals surface area contributed by atoms with Gasteiger partial charge in [0.25, 0.3) is 5.91 Å². The fourth-order valence-corrected chi connectivity index (χ4v) is 3.90. The van der Waals surface area contributed by atoms with Crippen LogP contribution >= 0.6 is 0 Å². The molecule has 1 aliphatic rings. The molecule has 1 aromatic heterocycles. The van der Waals surface area contributed by atoms with Crippen LogP contribution in [0.15, 0.2) is 42.6 Å². The molecular weight excluding hydrogens is 404 g/mol. The minimum Gasteiger partial charge on any atom is -0.497 e. The molecule has 2 aromatic carbocycles. The lowest BCUT2D eigenvalue weighted by Gasteiger charge is -2.33. The maximum absolute atomic E-state index is 14.0. The van der Waals surface area contributed by atoms with E-state index >= 15 is 0 Å². The van der Waals surface area contributed by atoms with Gasteiger partial charge < -0.3 is 19.7 Å². The topological polar surface area (TPSA) is 63.7 Å². The monoisotopic (exact) mass is 427 g/mol. The number of methoxy groups -OCH3 is 2. The summed E-state index contributed by atoms with van der Waals surface area (Å²) in [6.45, 7) is 1.11. The number of hydrogen-bond donors (Lipinski definition) is 1. The van der Waals surface area contributed by atoms with Crippen molar-refractivity contribution in [1.82, 2.24) is 9.88 Å². The zero-order valence-corrected chi connectivity index (χ0v) is 17.3. The van der Waals surface area contributed by atoms with E-state index in [1.54, 1.807) is 36.3 Å². The Morgan fingerprint density at radius 1 is 1.10 bits per heavy atom. The Morgan fingerprint density at radius 2 is 1.87 bits per heavy atom. The molecule has 0 saturated carbocycles. The number of amides is 1. The maximum Gasteiger partial charge on any atom is 0.257 e. The Kier molecular flexibility index (Phi) is 5.88. The molecule has 6 nitrogen and oxygen atoms in total. The van der Waals surface area contributed by atoms with Gasteiger partial charge in [-0.05, 0) is 37.1 Å². The van der Waals surface area contributed by atoms with Crippen LogP contribution in [0.4, 0.5) is 14.5 Å². The lowest BCUT2D eigenvalue weighted by atomic mass is 10.0. The summed E-state index contributed by atoms with van der Waals surface area (Å²) in [6.07, 6.45) is 2.90. The zero-order valence-electron chi connectivity index (χ0n) is 17.3. The number of ether oxygens (including phenoxy) is 2. The number of halogens is 2. The zero-order chi connectivity index (χ0) is 22.0. The second kappa shape index (κ2) is 8.75. The molecule has 1 saturated heterocycles. The molecule has 1 fully saturated rings. The first-order valence-corrected chi connectivity index (χ1v) is 10.0. The standard InChI is InChI=1S/C23H23F2N3O3/c1-30-16-3-4-17(21(13-16)31-2)23(29)28-9-6-15(7-10-28)27-20-5-8-26-22-18(20)11-14(24)12-19(22)25/h3-5,8,11-13,15H,6-7,9-10H2,1-2H3,(H,26,27). The number of carbonyl (C=O) groups is 1. The van der Waals surface area contributed by atoms with Crippen molar-refractivity contribution < 1.29 is 23.0 Å². The van der Waals surface area contributed by atoms with Crippen molar-refractivity contribution in [1.29, 1.82) is 0 Å². The second-order valence-corrected chi connectivity index (χ2v) is 7.42. The molecule has 0 bridgehead atoms. The summed E-state index contributed by atoms with van der Waals surface area (Å²) < 4.78 is 38.3. The minimum absolute atomic E-state index is 0.0683. The lowest BCUT2D eigenvalue weighted by Crippen LogP contribution is -2.42. The van der Waals surface area contributed by atoms with Gasteiger partial charge in [-0.2, -0.15) is 0 Å². The fourth-order valence-electron chi connectivity index (χ4n) is 3.90. The number of nitrogens with one attached hydrogen (secondary N) is 1. The van der Waals surface area contributed by atoms with Crippen molar-refractivity contribution in [2.75, 3.05) is 32.6 Å². The number of benzene rings is 2. The highest BCUT2D eigenvalue weighted by molar-refractivity contribution is 5.97. The van der Waals surface area contributed by atoms with E-state index in [1.807, 2.05) is 0 Å². The van der Waals surface area contributed by atoms with Gasteiger partial charge >= 0.3 is 0 Å². The molecule has 1 aliphatic heterocycles. The molecule has 8 heteroatoms. The Hall–Kier alpha value is -3.42. The molecule has 0 unspecified atom stereocenters. The Balaban J connectivity index is 1.45. The van der Waals surface area contributed by atoms with E-state index < -0.39 is 11.6 Å². The normalized spacial score (nSPS) is 14.5. The van der Waals surface area contributed by atoms with Crippen molar-refractivity contribution in [3.05, 3.63) is 59.8 Å². The Morgan fingerprint density at radius 3 is 2.58 bits per heavy atom. The second-order valence-electron chi connectivity index (χ2n) is 7.42. The van der Waals surface area contributed by atoms with Crippen molar-refractivity contribution >= 4 is 22.5 Å². The first-order chi connectivity index (χ1) is 15.0. The molecule has 31 heavy (non-hydrogen) atoms. The predicted molar refractivity (Wildman–Crippen MR) is 114 cm³/mol. The van der Waals surface area contributed by atoms with Gasteiger partial charge in [0.05, 0.1) is 19.8 Å². The highest BCUT2D eigenvalue weighted by atomic mass is 19.1. The number of nitrogens with zero attached hydrogens (tertiary/aromatic N) is 2. The molecule has 1 N–H and O–H groups in total. The van der Waals surface area contributed by atoms with Crippen LogP contribution in [0, 0.1) is 11.6 Å². The van der Waals surface area contributed by atoms with Crippen LogP contribution in [-0.2, 0) is 0 Å². The highest BCUT2D eigenvalue weighted by Crippen LogP contribution is 2.29. The number of rotatable bonds is 5. The Bertz CT molecular complexity index is 1110. The van der Waals surface area contributed by atoms with Crippen LogP contribution in [0.25, 0.3) is 10.9 Å². The molecule has 1 amide bonds. The van der Waals surface area contributed by atoms with Crippen LogP contribution in [-0.4, -0.2) is 49.1 Å². The third kappa shape index (κ3) is 4.23. The molecule has 4 rings (SSSR count). The quantitative estimate of drug-likeness (QED) is 0.660. The van der Waals surface area contributed by atoms with E-state index in [4.69, 9.17) is 9.47 Å². The molecule has 0 aliphatic carbocycles. The average molecular weight is 427 g/mol. The highest BCUT2D eigenvalue weighted by Gasteiger charge is 2.26. The molecule has 0 spiro atoms. The first-order valence-electron chi connectivity index (χ1n) is 10.0. The van der Waals surface area contributed by atoms with Gasteiger partial charge in [-0.25, -0.2) is 8.78 Å². The van der Waals surface area contributed by atoms with Crippen LogP contribution in [0.3, 0.4) is 0 Å². The van der Waals surface area contributed by atoms with Crippen molar-refractivity contribution in [2.24, 2.45) is 0 Å². The van der Waals surface area contributed by atoms with Crippen molar-refractivity contribution in [2.45, 2.75) is 18.9 Å². The van der Waals surface area contributed by atoms with Crippen LogP contribution < -0.4 is 14.8 Å². The summed E-state index contributed by atoms with van der Waals surface area (Å²) in [5, 5.41) is 3.77. The van der Waals surface area contributed by atoms with Crippen LogP contribution in [0.1, 0.15) is 23.2 Å². The number of likely N-dealkylation sites (tertiary alicyclic amines) is 1. The van der Waals surface area contributed by atoms with Gasteiger partial charge in [0.15, 0.2) is 5.82 Å². The molecule has 2 heterocycles. The van der Waals surface area contributed by atoms with E-state index in [-0.39, 0.29) is 17.5 Å². The third-order valence-corrected chi connectivity index (χ3v) is 5.54. The first kappa shape index (κ1) is 20.8. The van der Waals surface area contributed by atoms with E-state index in [9.17, 15) is 13.6 Å². The summed E-state index contributed by atoms with van der Waals surface area (Å²) >= 11 is 0. The number of anilines is 1. The van der Waals surface area contributed by atoms with Crippen LogP contribution in [0.2, 0.25) is 0 Å². The number of hydrogen-bond acceptors (Lipinski definition) is 5. The van der Waals surface area contributed by atoms with Crippen molar-refractivity contribution in [3.8, 4) is 11.5 Å². The number of carbonyl (C=O) groups excluding carboxylic acids is 1. The van der Waals surface area contributed by atoms with Crippen molar-refractivity contribution in [3.63, 3.8) is 0 Å². The SMILES string of the molecule is COc1ccc(C(=O)N2CCC(Nc3ccnc4c(F)cc(F)cc34)CC2)c(OC)c1. The number of pyridine rings is 1. The van der Waals surface area contributed by atoms with Gasteiger partial charge in [0, 0.05) is 48.5 Å². The molecular formula is C23H23F2N3O3. The van der Waals surface area contributed by atoms with Crippen LogP contribution in [0.5, 0.6) is 11.5 Å². The van der Waals surface area contributed by atoms with E-state index in [1.165, 1.54) is 19.4 Å². The smallest absolute Gasteiger partial charge is 0.257 e. The maximum atomic E-state index is 14.0. The van der Waals surface area contributed by atoms with E-state index in [0.29, 0.717) is 54.1 Å². The van der Waals surface area contributed by atoms with Gasteiger partial charge in [0.2, 0.25) is 0 Å². The largest absolute Gasteiger partial charge is 0.497 e. The number of aromatic nitrogens is 1. The summed E-state index contributed by atoms with van der Waals surface area (Å²) in [7, 11) is 3.08. The van der Waals surface area contributed by atoms with Gasteiger partial charge in [-0.3, -0.25) is 9.78 Å². The lowest BCUT2D eigenvalue weighted by molar-refractivity contribution is 0.0715. The summed E-state index contributed by atoms with van der Waals surface area (Å²) in [6, 6.07) is 9.01. The molecule has 3 aromatic rings. The number of fused-ring (bicyclic) bond motifs is 1.